The van der Waals surface area contributed by atoms with Crippen LogP contribution in [-0.4, -0.2) is 24.8 Å². The molecule has 2 aliphatic rings. The molecule has 1 saturated carbocycles. The van der Waals surface area contributed by atoms with Crippen molar-refractivity contribution in [3.63, 3.8) is 0 Å². The predicted octanol–water partition coefficient (Wildman–Crippen LogP) is 4.53. The van der Waals surface area contributed by atoms with E-state index in [1.165, 1.54) is 57.8 Å². The fourth-order valence-electron chi connectivity index (χ4n) is 3.85. The van der Waals surface area contributed by atoms with Crippen molar-refractivity contribution in [1.29, 1.82) is 0 Å². The first-order chi connectivity index (χ1) is 9.60. The van der Waals surface area contributed by atoms with Crippen LogP contribution in [0.3, 0.4) is 0 Å². The highest BCUT2D eigenvalue weighted by Gasteiger charge is 2.40. The summed E-state index contributed by atoms with van der Waals surface area (Å²) < 4.78 is 6.46. The second-order valence-corrected chi connectivity index (χ2v) is 7.76. The van der Waals surface area contributed by atoms with Gasteiger partial charge in [-0.3, -0.25) is 0 Å². The first kappa shape index (κ1) is 16.3. The van der Waals surface area contributed by atoms with Crippen molar-refractivity contribution in [1.82, 2.24) is 5.32 Å². The minimum absolute atomic E-state index is 0.308. The Morgan fingerprint density at radius 3 is 2.50 bits per heavy atom. The summed E-state index contributed by atoms with van der Waals surface area (Å²) in [7, 11) is 0. The second kappa shape index (κ2) is 7.79. The summed E-state index contributed by atoms with van der Waals surface area (Å²) in [5, 5.41) is 3.58. The van der Waals surface area contributed by atoms with Gasteiger partial charge >= 0.3 is 0 Å². The highest BCUT2D eigenvalue weighted by molar-refractivity contribution is 4.91. The van der Waals surface area contributed by atoms with Gasteiger partial charge < -0.3 is 10.1 Å². The fraction of sp³-hybridized carbons (Fsp3) is 1.00. The lowest BCUT2D eigenvalue weighted by Gasteiger charge is -2.33. The van der Waals surface area contributed by atoms with Crippen molar-refractivity contribution in [2.75, 3.05) is 13.1 Å². The minimum Gasteiger partial charge on any atom is -0.372 e. The van der Waals surface area contributed by atoms with Gasteiger partial charge in [0.1, 0.15) is 0 Å². The molecule has 118 valence electrons. The van der Waals surface area contributed by atoms with Gasteiger partial charge in [0.05, 0.1) is 11.7 Å². The maximum Gasteiger partial charge on any atom is 0.0687 e. The Morgan fingerprint density at radius 1 is 1.05 bits per heavy atom. The van der Waals surface area contributed by atoms with Crippen molar-refractivity contribution >= 4 is 0 Å². The quantitative estimate of drug-likeness (QED) is 0.740. The van der Waals surface area contributed by atoms with E-state index in [4.69, 9.17) is 4.74 Å². The Balaban J connectivity index is 1.60. The molecule has 1 spiro atoms. The monoisotopic (exact) mass is 281 g/mol. The first-order valence-corrected chi connectivity index (χ1v) is 8.98. The van der Waals surface area contributed by atoms with Gasteiger partial charge in [0.2, 0.25) is 0 Å². The molecule has 2 rings (SSSR count). The zero-order valence-electron chi connectivity index (χ0n) is 13.9. The molecule has 1 saturated heterocycles. The van der Waals surface area contributed by atoms with Crippen LogP contribution in [0.4, 0.5) is 0 Å². The molecule has 2 atom stereocenters. The van der Waals surface area contributed by atoms with Gasteiger partial charge in [0.25, 0.3) is 0 Å². The van der Waals surface area contributed by atoms with E-state index in [0.29, 0.717) is 11.7 Å². The van der Waals surface area contributed by atoms with E-state index < -0.39 is 0 Å². The second-order valence-electron chi connectivity index (χ2n) is 7.76. The Bertz CT molecular complexity index is 271. The number of hydrogen-bond donors (Lipinski definition) is 1. The summed E-state index contributed by atoms with van der Waals surface area (Å²) in [6.07, 6.45) is 12.6. The molecule has 20 heavy (non-hydrogen) atoms. The summed E-state index contributed by atoms with van der Waals surface area (Å²) in [5.74, 6) is 1.53. The standard InChI is InChI=1S/C18H35NO/c1-15(2)13-19-14-16(3)7-8-17-9-12-18(20-17)10-5-4-6-11-18/h15-17,19H,4-14H2,1-3H3. The summed E-state index contributed by atoms with van der Waals surface area (Å²) in [6.45, 7) is 9.23. The number of hydrogen-bond acceptors (Lipinski definition) is 2. The van der Waals surface area contributed by atoms with Crippen LogP contribution in [-0.2, 0) is 4.74 Å². The molecule has 2 unspecified atom stereocenters. The normalized spacial score (nSPS) is 27.3. The average Bonchev–Trinajstić information content (AvgIpc) is 2.80. The van der Waals surface area contributed by atoms with Crippen LogP contribution >= 0.6 is 0 Å². The molecule has 1 aliphatic carbocycles. The minimum atomic E-state index is 0.308. The average molecular weight is 281 g/mol. The Kier molecular flexibility index (Phi) is 6.35. The smallest absolute Gasteiger partial charge is 0.0687 e. The van der Waals surface area contributed by atoms with Gasteiger partial charge in [-0.25, -0.2) is 0 Å². The van der Waals surface area contributed by atoms with Crippen molar-refractivity contribution in [3.05, 3.63) is 0 Å². The van der Waals surface area contributed by atoms with Crippen LogP contribution in [0.2, 0.25) is 0 Å². The number of rotatable bonds is 7. The summed E-state index contributed by atoms with van der Waals surface area (Å²) >= 11 is 0. The van der Waals surface area contributed by atoms with E-state index in [0.717, 1.165) is 24.9 Å². The van der Waals surface area contributed by atoms with E-state index in [9.17, 15) is 0 Å². The molecule has 0 aromatic carbocycles. The third-order valence-electron chi connectivity index (χ3n) is 5.13. The van der Waals surface area contributed by atoms with Gasteiger partial charge in [-0.15, -0.1) is 0 Å². The fourth-order valence-corrected chi connectivity index (χ4v) is 3.85. The first-order valence-electron chi connectivity index (χ1n) is 8.98. The van der Waals surface area contributed by atoms with Crippen LogP contribution in [0.25, 0.3) is 0 Å². The van der Waals surface area contributed by atoms with Gasteiger partial charge in [-0.05, 0) is 63.5 Å². The Hall–Kier alpha value is -0.0800. The molecule has 0 aromatic rings. The lowest BCUT2D eigenvalue weighted by Crippen LogP contribution is -2.32. The molecule has 0 aromatic heterocycles. The highest BCUT2D eigenvalue weighted by Crippen LogP contribution is 2.42. The van der Waals surface area contributed by atoms with Crippen molar-refractivity contribution < 1.29 is 4.74 Å². The van der Waals surface area contributed by atoms with E-state index in [1.54, 1.807) is 0 Å². The highest BCUT2D eigenvalue weighted by atomic mass is 16.5. The maximum atomic E-state index is 6.46. The molecule has 0 radical (unpaired) electrons. The zero-order valence-corrected chi connectivity index (χ0v) is 13.9. The van der Waals surface area contributed by atoms with Crippen molar-refractivity contribution in [3.8, 4) is 0 Å². The van der Waals surface area contributed by atoms with Gasteiger partial charge in [-0.2, -0.15) is 0 Å². The Labute approximate surface area is 126 Å². The topological polar surface area (TPSA) is 21.3 Å². The van der Waals surface area contributed by atoms with Crippen LogP contribution < -0.4 is 5.32 Å². The van der Waals surface area contributed by atoms with Crippen LogP contribution in [0.1, 0.15) is 78.6 Å². The molecule has 2 nitrogen and oxygen atoms in total. The van der Waals surface area contributed by atoms with Crippen LogP contribution in [0.15, 0.2) is 0 Å². The summed E-state index contributed by atoms with van der Waals surface area (Å²) in [4.78, 5) is 0. The summed E-state index contributed by atoms with van der Waals surface area (Å²) in [5.41, 5.74) is 0.308. The zero-order chi connectivity index (χ0) is 14.4. The SMILES string of the molecule is CC(C)CNCC(C)CCC1CCC2(CCCCC2)O1. The molecular weight excluding hydrogens is 246 g/mol. The molecule has 0 bridgehead atoms. The number of ether oxygens (including phenoxy) is 1. The molecule has 0 amide bonds. The molecule has 1 heterocycles. The third-order valence-corrected chi connectivity index (χ3v) is 5.13. The van der Waals surface area contributed by atoms with Crippen molar-refractivity contribution in [2.45, 2.75) is 90.3 Å². The third kappa shape index (κ3) is 5.04. The lowest BCUT2D eigenvalue weighted by molar-refractivity contribution is -0.0668. The molecule has 2 fully saturated rings. The molecule has 1 N–H and O–H groups in total. The predicted molar refractivity (Wildman–Crippen MR) is 86.0 cm³/mol. The van der Waals surface area contributed by atoms with E-state index in [-0.39, 0.29) is 0 Å². The molecular formula is C18H35NO. The van der Waals surface area contributed by atoms with Gasteiger partial charge in [0.15, 0.2) is 0 Å². The number of nitrogens with one attached hydrogen (secondary N) is 1. The molecule has 1 aliphatic heterocycles. The van der Waals surface area contributed by atoms with Gasteiger partial charge in [-0.1, -0.05) is 40.0 Å². The van der Waals surface area contributed by atoms with Crippen LogP contribution in [0, 0.1) is 11.8 Å². The van der Waals surface area contributed by atoms with E-state index >= 15 is 0 Å². The van der Waals surface area contributed by atoms with E-state index in [1.807, 2.05) is 0 Å². The molecule has 2 heteroatoms. The van der Waals surface area contributed by atoms with Gasteiger partial charge in [0, 0.05) is 0 Å². The summed E-state index contributed by atoms with van der Waals surface area (Å²) in [6, 6.07) is 0. The van der Waals surface area contributed by atoms with Crippen LogP contribution in [0.5, 0.6) is 0 Å². The lowest BCUT2D eigenvalue weighted by atomic mass is 9.83. The Morgan fingerprint density at radius 2 is 1.80 bits per heavy atom. The largest absolute Gasteiger partial charge is 0.372 e. The maximum absolute atomic E-state index is 6.46. The van der Waals surface area contributed by atoms with Crippen molar-refractivity contribution in [2.24, 2.45) is 11.8 Å². The van der Waals surface area contributed by atoms with E-state index in [2.05, 4.69) is 26.1 Å².